The molecule has 0 bridgehead atoms. The van der Waals surface area contributed by atoms with E-state index in [-0.39, 0.29) is 6.42 Å². The molecular weight excluding hydrogens is 248 g/mol. The van der Waals surface area contributed by atoms with Crippen LogP contribution in [0, 0.1) is 0 Å². The molecule has 0 radical (unpaired) electrons. The van der Waals surface area contributed by atoms with E-state index in [1.807, 2.05) is 24.3 Å². The zero-order valence-corrected chi connectivity index (χ0v) is 12.1. The van der Waals surface area contributed by atoms with E-state index in [2.05, 4.69) is 26.0 Å². The summed E-state index contributed by atoms with van der Waals surface area (Å²) in [6.45, 7) is 4.26. The van der Waals surface area contributed by atoms with Crippen molar-refractivity contribution in [2.45, 2.75) is 38.9 Å². The fourth-order valence-corrected chi connectivity index (χ4v) is 2.79. The van der Waals surface area contributed by atoms with Crippen LogP contribution < -0.4 is 0 Å². The van der Waals surface area contributed by atoms with Crippen LogP contribution in [0.1, 0.15) is 38.7 Å². The first kappa shape index (κ1) is 14.8. The summed E-state index contributed by atoms with van der Waals surface area (Å²) in [4.78, 5) is 0. The number of rotatable bonds is 4. The van der Waals surface area contributed by atoms with Crippen LogP contribution in [0.2, 0.25) is 0 Å². The van der Waals surface area contributed by atoms with E-state index in [1.54, 1.807) is 6.08 Å². The van der Waals surface area contributed by atoms with Gasteiger partial charge in [-0.25, -0.2) is 0 Å². The first-order valence-corrected chi connectivity index (χ1v) is 7.18. The standard InChI is InChI=1S/C18H22O2/c1-3-16(14-9-6-5-7-10-14)17(4-2)15-11-8-12-18(19,20)13-15/h5-12,19-20H,3-4,13H2,1-2H3. The van der Waals surface area contributed by atoms with Crippen molar-refractivity contribution in [2.24, 2.45) is 0 Å². The summed E-state index contributed by atoms with van der Waals surface area (Å²) in [6.07, 6.45) is 7.21. The highest BCUT2D eigenvalue weighted by Gasteiger charge is 2.25. The molecule has 1 aliphatic rings. The van der Waals surface area contributed by atoms with Crippen LogP contribution in [0.25, 0.3) is 5.57 Å². The molecule has 1 aromatic carbocycles. The molecule has 1 aromatic rings. The predicted octanol–water partition coefficient (Wildman–Crippen LogP) is 3.83. The molecule has 106 valence electrons. The van der Waals surface area contributed by atoms with Crippen LogP contribution in [-0.2, 0) is 0 Å². The molecule has 0 aromatic heterocycles. The van der Waals surface area contributed by atoms with E-state index in [0.29, 0.717) is 0 Å². The molecule has 2 N–H and O–H groups in total. The van der Waals surface area contributed by atoms with Gasteiger partial charge in [0.2, 0.25) is 0 Å². The molecule has 20 heavy (non-hydrogen) atoms. The minimum atomic E-state index is -1.72. The molecule has 0 spiro atoms. The maximum atomic E-state index is 9.82. The summed E-state index contributed by atoms with van der Waals surface area (Å²) in [6, 6.07) is 10.3. The molecule has 0 unspecified atom stereocenters. The number of allylic oxidation sites excluding steroid dienone is 4. The van der Waals surface area contributed by atoms with E-state index in [0.717, 1.165) is 18.4 Å². The number of hydrogen-bond acceptors (Lipinski definition) is 2. The Morgan fingerprint density at radius 1 is 1.05 bits per heavy atom. The molecule has 0 amide bonds. The second-order valence-corrected chi connectivity index (χ2v) is 5.14. The predicted molar refractivity (Wildman–Crippen MR) is 83.0 cm³/mol. The van der Waals surface area contributed by atoms with Crippen molar-refractivity contribution in [3.63, 3.8) is 0 Å². The van der Waals surface area contributed by atoms with Crippen LogP contribution in [0.5, 0.6) is 0 Å². The van der Waals surface area contributed by atoms with Gasteiger partial charge in [0, 0.05) is 6.42 Å². The SMILES string of the molecule is CCC(C1=CC=CC(O)(O)C1)=C(CC)c1ccccc1. The van der Waals surface area contributed by atoms with E-state index in [1.165, 1.54) is 22.8 Å². The van der Waals surface area contributed by atoms with E-state index < -0.39 is 5.79 Å². The lowest BCUT2D eigenvalue weighted by Crippen LogP contribution is -2.27. The van der Waals surface area contributed by atoms with Gasteiger partial charge >= 0.3 is 0 Å². The zero-order chi connectivity index (χ0) is 14.6. The van der Waals surface area contributed by atoms with Gasteiger partial charge in [0.05, 0.1) is 0 Å². The van der Waals surface area contributed by atoms with Gasteiger partial charge in [-0.05, 0) is 41.2 Å². The highest BCUT2D eigenvalue weighted by atomic mass is 16.5. The first-order valence-electron chi connectivity index (χ1n) is 7.18. The maximum absolute atomic E-state index is 9.82. The smallest absolute Gasteiger partial charge is 0.187 e. The second-order valence-electron chi connectivity index (χ2n) is 5.14. The van der Waals surface area contributed by atoms with Gasteiger partial charge < -0.3 is 10.2 Å². The Balaban J connectivity index is 2.46. The summed E-state index contributed by atoms with van der Waals surface area (Å²) in [5.74, 6) is -1.72. The summed E-state index contributed by atoms with van der Waals surface area (Å²) < 4.78 is 0. The Kier molecular flexibility index (Phi) is 4.58. The minimum absolute atomic E-state index is 0.253. The average Bonchev–Trinajstić information content (AvgIpc) is 2.44. The molecule has 2 heteroatoms. The summed E-state index contributed by atoms with van der Waals surface area (Å²) in [7, 11) is 0. The molecule has 0 heterocycles. The van der Waals surface area contributed by atoms with Crippen molar-refractivity contribution >= 4 is 5.57 Å². The van der Waals surface area contributed by atoms with Crippen LogP contribution in [0.15, 0.2) is 59.7 Å². The molecule has 0 aliphatic heterocycles. The molecule has 2 nitrogen and oxygen atoms in total. The van der Waals surface area contributed by atoms with Crippen LogP contribution in [0.4, 0.5) is 0 Å². The van der Waals surface area contributed by atoms with Gasteiger partial charge in [0.1, 0.15) is 0 Å². The van der Waals surface area contributed by atoms with Gasteiger partial charge in [-0.3, -0.25) is 0 Å². The van der Waals surface area contributed by atoms with Crippen LogP contribution >= 0.6 is 0 Å². The largest absolute Gasteiger partial charge is 0.362 e. The van der Waals surface area contributed by atoms with Crippen LogP contribution in [-0.4, -0.2) is 16.0 Å². The Morgan fingerprint density at radius 2 is 1.70 bits per heavy atom. The zero-order valence-electron chi connectivity index (χ0n) is 12.1. The third-order valence-electron chi connectivity index (χ3n) is 3.69. The fourth-order valence-electron chi connectivity index (χ4n) is 2.79. The topological polar surface area (TPSA) is 40.5 Å². The van der Waals surface area contributed by atoms with Gasteiger partial charge in [-0.1, -0.05) is 56.3 Å². The summed E-state index contributed by atoms with van der Waals surface area (Å²) in [5, 5.41) is 19.6. The molecular formula is C18H22O2. The average molecular weight is 270 g/mol. The van der Waals surface area contributed by atoms with Gasteiger partial charge in [0.15, 0.2) is 5.79 Å². The van der Waals surface area contributed by atoms with Crippen molar-refractivity contribution in [1.29, 1.82) is 0 Å². The van der Waals surface area contributed by atoms with Crippen molar-refractivity contribution in [3.8, 4) is 0 Å². The van der Waals surface area contributed by atoms with E-state index >= 15 is 0 Å². The summed E-state index contributed by atoms with van der Waals surface area (Å²) in [5.41, 5.74) is 4.73. The van der Waals surface area contributed by atoms with Gasteiger partial charge in [-0.2, -0.15) is 0 Å². The minimum Gasteiger partial charge on any atom is -0.362 e. The summed E-state index contributed by atoms with van der Waals surface area (Å²) >= 11 is 0. The normalized spacial score (nSPS) is 18.5. The van der Waals surface area contributed by atoms with Gasteiger partial charge in [0.25, 0.3) is 0 Å². The highest BCUT2D eigenvalue weighted by Crippen LogP contribution is 2.34. The van der Waals surface area contributed by atoms with Gasteiger partial charge in [-0.15, -0.1) is 0 Å². The lowest BCUT2D eigenvalue weighted by molar-refractivity contribution is -0.116. The Labute approximate surface area is 120 Å². The van der Waals surface area contributed by atoms with Crippen molar-refractivity contribution < 1.29 is 10.2 Å². The quantitative estimate of drug-likeness (QED) is 0.816. The number of hydrogen-bond donors (Lipinski definition) is 2. The maximum Gasteiger partial charge on any atom is 0.187 e. The third-order valence-corrected chi connectivity index (χ3v) is 3.69. The Morgan fingerprint density at radius 3 is 2.25 bits per heavy atom. The van der Waals surface area contributed by atoms with E-state index in [9.17, 15) is 10.2 Å². The van der Waals surface area contributed by atoms with Crippen LogP contribution in [0.3, 0.4) is 0 Å². The monoisotopic (exact) mass is 270 g/mol. The molecule has 0 saturated heterocycles. The van der Waals surface area contributed by atoms with E-state index in [4.69, 9.17) is 0 Å². The lowest BCUT2D eigenvalue weighted by atomic mass is 9.86. The van der Waals surface area contributed by atoms with Crippen molar-refractivity contribution in [2.75, 3.05) is 0 Å². The van der Waals surface area contributed by atoms with Crippen molar-refractivity contribution in [1.82, 2.24) is 0 Å². The molecule has 2 rings (SSSR count). The van der Waals surface area contributed by atoms with Crippen molar-refractivity contribution in [3.05, 3.63) is 65.3 Å². The third kappa shape index (κ3) is 3.27. The molecule has 0 saturated carbocycles. The molecule has 1 aliphatic carbocycles. The highest BCUT2D eigenvalue weighted by molar-refractivity contribution is 5.72. The lowest BCUT2D eigenvalue weighted by Gasteiger charge is -2.25. The molecule has 0 atom stereocenters. The fraction of sp³-hybridized carbons (Fsp3) is 0.333. The Bertz CT molecular complexity index is 548. The number of aliphatic hydroxyl groups is 2. The molecule has 0 fully saturated rings. The second kappa shape index (κ2) is 6.21. The first-order chi connectivity index (χ1) is 9.57. The Hall–Kier alpha value is -1.64. The number of benzene rings is 1.